The summed E-state index contributed by atoms with van der Waals surface area (Å²) in [5.74, 6) is 0.239. The quantitative estimate of drug-likeness (QED) is 0.363. The second kappa shape index (κ2) is 10.7. The van der Waals surface area contributed by atoms with Crippen molar-refractivity contribution in [1.82, 2.24) is 39.8 Å². The van der Waals surface area contributed by atoms with Crippen LogP contribution >= 0.6 is 0 Å². The molecule has 0 radical (unpaired) electrons. The van der Waals surface area contributed by atoms with Gasteiger partial charge in [0.25, 0.3) is 11.8 Å². The smallest absolute Gasteiger partial charge is 0.275 e. The van der Waals surface area contributed by atoms with Gasteiger partial charge in [-0.1, -0.05) is 36.4 Å². The third kappa shape index (κ3) is 5.01. The van der Waals surface area contributed by atoms with Crippen molar-refractivity contribution in [2.45, 2.75) is 6.54 Å². The molecule has 11 heteroatoms. The summed E-state index contributed by atoms with van der Waals surface area (Å²) in [5, 5.41) is 7.22. The molecule has 5 aromatic rings. The molecular formula is C28H25N9O2. The van der Waals surface area contributed by atoms with Crippen molar-refractivity contribution < 1.29 is 9.59 Å². The van der Waals surface area contributed by atoms with Crippen LogP contribution in [0.15, 0.2) is 85.6 Å². The molecule has 6 rings (SSSR count). The van der Waals surface area contributed by atoms with Crippen LogP contribution in [0.2, 0.25) is 0 Å². The number of carbonyl (C=O) groups excluding carboxylic acids is 2. The molecule has 1 saturated heterocycles. The number of hydrogen-bond donors (Lipinski definition) is 1. The minimum atomic E-state index is -0.302. The Morgan fingerprint density at radius 3 is 2.41 bits per heavy atom. The Kier molecular flexibility index (Phi) is 6.60. The van der Waals surface area contributed by atoms with Gasteiger partial charge in [-0.2, -0.15) is 5.10 Å². The zero-order chi connectivity index (χ0) is 26.6. The average Bonchev–Trinajstić information content (AvgIpc) is 3.40. The lowest BCUT2D eigenvalue weighted by atomic mass is 10.1. The normalized spacial score (nSPS) is 13.4. The van der Waals surface area contributed by atoms with E-state index in [4.69, 9.17) is 4.98 Å². The van der Waals surface area contributed by atoms with Crippen molar-refractivity contribution in [2.75, 3.05) is 31.1 Å². The van der Waals surface area contributed by atoms with Gasteiger partial charge in [-0.05, 0) is 23.8 Å². The van der Waals surface area contributed by atoms with Gasteiger partial charge >= 0.3 is 0 Å². The topological polar surface area (TPSA) is 122 Å². The molecule has 0 atom stereocenters. The van der Waals surface area contributed by atoms with Crippen LogP contribution in [-0.2, 0) is 6.54 Å². The monoisotopic (exact) mass is 519 g/mol. The molecule has 0 unspecified atom stereocenters. The third-order valence-electron chi connectivity index (χ3n) is 6.58. The molecule has 1 fully saturated rings. The Labute approximate surface area is 224 Å². The van der Waals surface area contributed by atoms with Gasteiger partial charge in [0, 0.05) is 56.9 Å². The van der Waals surface area contributed by atoms with Gasteiger partial charge in [-0.25, -0.2) is 19.5 Å². The summed E-state index contributed by atoms with van der Waals surface area (Å²) in [5.41, 5.74) is 3.70. The van der Waals surface area contributed by atoms with E-state index in [1.807, 2.05) is 53.4 Å². The summed E-state index contributed by atoms with van der Waals surface area (Å²) in [6, 6.07) is 17.0. The molecule has 0 spiro atoms. The van der Waals surface area contributed by atoms with E-state index in [2.05, 4.69) is 30.3 Å². The summed E-state index contributed by atoms with van der Waals surface area (Å²) in [4.78, 5) is 47.6. The Balaban J connectivity index is 1.12. The fourth-order valence-corrected chi connectivity index (χ4v) is 4.54. The van der Waals surface area contributed by atoms with E-state index in [1.165, 1.54) is 6.20 Å². The number of nitrogens with zero attached hydrogens (tertiary/aromatic N) is 8. The lowest BCUT2D eigenvalue weighted by Gasteiger charge is -2.35. The van der Waals surface area contributed by atoms with E-state index < -0.39 is 0 Å². The maximum Gasteiger partial charge on any atom is 0.275 e. The molecule has 2 amide bonds. The van der Waals surface area contributed by atoms with E-state index in [-0.39, 0.29) is 17.5 Å². The number of nitrogens with one attached hydrogen (secondary N) is 1. The molecule has 0 saturated carbocycles. The Bertz CT molecular complexity index is 1600. The predicted octanol–water partition coefficient (Wildman–Crippen LogP) is 2.47. The Morgan fingerprint density at radius 1 is 0.846 bits per heavy atom. The highest BCUT2D eigenvalue weighted by molar-refractivity contribution is 5.99. The number of benzene rings is 1. The molecule has 5 heterocycles. The lowest BCUT2D eigenvalue weighted by molar-refractivity contribution is 0.0738. The summed E-state index contributed by atoms with van der Waals surface area (Å²) < 4.78 is 1.61. The number of pyridine rings is 1. The van der Waals surface area contributed by atoms with Gasteiger partial charge in [0.1, 0.15) is 17.2 Å². The zero-order valence-corrected chi connectivity index (χ0v) is 21.0. The van der Waals surface area contributed by atoms with Gasteiger partial charge in [0.15, 0.2) is 11.3 Å². The average molecular weight is 520 g/mol. The molecule has 1 aromatic carbocycles. The molecule has 0 bridgehead atoms. The molecule has 11 nitrogen and oxygen atoms in total. The van der Waals surface area contributed by atoms with Crippen LogP contribution in [0.5, 0.6) is 0 Å². The third-order valence-corrected chi connectivity index (χ3v) is 6.58. The van der Waals surface area contributed by atoms with E-state index in [0.29, 0.717) is 55.6 Å². The van der Waals surface area contributed by atoms with Gasteiger partial charge in [0.05, 0.1) is 12.4 Å². The van der Waals surface area contributed by atoms with Crippen LogP contribution < -0.4 is 10.2 Å². The Hall–Kier alpha value is -5.19. The molecule has 194 valence electrons. The van der Waals surface area contributed by atoms with E-state index >= 15 is 0 Å². The highest BCUT2D eigenvalue weighted by atomic mass is 16.2. The maximum atomic E-state index is 13.7. The SMILES string of the molecule is O=C(NCc1cccnc1)c1cnc(N2CCN(C(=O)c3c(-c4ccccc4)nc4cccnn34)CC2)cn1. The summed E-state index contributed by atoms with van der Waals surface area (Å²) in [6.45, 7) is 2.53. The van der Waals surface area contributed by atoms with Gasteiger partial charge in [0.2, 0.25) is 0 Å². The van der Waals surface area contributed by atoms with Crippen LogP contribution in [-0.4, -0.2) is 72.4 Å². The summed E-state index contributed by atoms with van der Waals surface area (Å²) >= 11 is 0. The van der Waals surface area contributed by atoms with E-state index in [0.717, 1.165) is 11.1 Å². The number of aromatic nitrogens is 6. The number of hydrogen-bond acceptors (Lipinski definition) is 8. The van der Waals surface area contributed by atoms with Gasteiger partial charge in [-0.3, -0.25) is 14.6 Å². The molecule has 1 aliphatic rings. The minimum absolute atomic E-state index is 0.119. The molecular weight excluding hydrogens is 494 g/mol. The number of amides is 2. The summed E-state index contributed by atoms with van der Waals surface area (Å²) in [6.07, 6.45) is 8.11. The molecule has 1 N–H and O–H groups in total. The summed E-state index contributed by atoms with van der Waals surface area (Å²) in [7, 11) is 0. The molecule has 4 aromatic heterocycles. The van der Waals surface area contributed by atoms with Crippen LogP contribution in [0.3, 0.4) is 0 Å². The number of piperazine rings is 1. The Morgan fingerprint density at radius 2 is 1.67 bits per heavy atom. The van der Waals surface area contributed by atoms with Crippen molar-refractivity contribution in [1.29, 1.82) is 0 Å². The van der Waals surface area contributed by atoms with Crippen LogP contribution in [0.25, 0.3) is 16.9 Å². The second-order valence-corrected chi connectivity index (χ2v) is 9.05. The fourth-order valence-electron chi connectivity index (χ4n) is 4.54. The first-order chi connectivity index (χ1) is 19.2. The van der Waals surface area contributed by atoms with Crippen LogP contribution in [0.1, 0.15) is 26.5 Å². The van der Waals surface area contributed by atoms with Crippen LogP contribution in [0, 0.1) is 0 Å². The second-order valence-electron chi connectivity index (χ2n) is 9.05. The van der Waals surface area contributed by atoms with Crippen molar-refractivity contribution in [3.8, 4) is 11.3 Å². The number of fused-ring (bicyclic) bond motifs is 1. The fraction of sp³-hybridized carbons (Fsp3) is 0.179. The highest BCUT2D eigenvalue weighted by Gasteiger charge is 2.29. The maximum absolute atomic E-state index is 13.7. The van der Waals surface area contributed by atoms with Crippen LogP contribution in [0.4, 0.5) is 5.82 Å². The number of anilines is 1. The molecule has 1 aliphatic heterocycles. The predicted molar refractivity (Wildman–Crippen MR) is 144 cm³/mol. The van der Waals surface area contributed by atoms with Crippen molar-refractivity contribution in [3.63, 3.8) is 0 Å². The first-order valence-corrected chi connectivity index (χ1v) is 12.6. The zero-order valence-electron chi connectivity index (χ0n) is 21.0. The highest BCUT2D eigenvalue weighted by Crippen LogP contribution is 2.25. The first kappa shape index (κ1) is 24.2. The van der Waals surface area contributed by atoms with Crippen molar-refractivity contribution >= 4 is 23.3 Å². The number of rotatable bonds is 6. The lowest BCUT2D eigenvalue weighted by Crippen LogP contribution is -2.49. The molecule has 39 heavy (non-hydrogen) atoms. The molecule has 0 aliphatic carbocycles. The van der Waals surface area contributed by atoms with E-state index in [9.17, 15) is 9.59 Å². The van der Waals surface area contributed by atoms with Crippen molar-refractivity contribution in [3.05, 3.63) is 103 Å². The minimum Gasteiger partial charge on any atom is -0.352 e. The number of carbonyl (C=O) groups is 2. The van der Waals surface area contributed by atoms with Gasteiger partial charge < -0.3 is 15.1 Å². The largest absolute Gasteiger partial charge is 0.352 e. The standard InChI is InChI=1S/C28H25N9O2/c38-27(32-17-20-6-4-10-29-16-20)22-18-31-24(19-30-22)35-12-14-36(15-13-35)28(39)26-25(21-7-2-1-3-8-21)34-23-9-5-11-33-37(23)26/h1-11,16,18-19H,12-15,17H2,(H,32,38). The van der Waals surface area contributed by atoms with Gasteiger partial charge in [-0.15, -0.1) is 0 Å². The first-order valence-electron chi connectivity index (χ1n) is 12.6. The van der Waals surface area contributed by atoms with Crippen molar-refractivity contribution in [2.24, 2.45) is 0 Å². The number of imidazole rings is 1. The van der Waals surface area contributed by atoms with E-state index in [1.54, 1.807) is 35.4 Å².